The van der Waals surface area contributed by atoms with Gasteiger partial charge >= 0.3 is 6.18 Å². The SMILES string of the molecule is CC(=O)N1CCc2cc(N3C[C@H](C(=O)NCc4ccccc4C(F)(F)F)CC3=O)ccc21. The minimum Gasteiger partial charge on any atom is -0.352 e. The van der Waals surface area contributed by atoms with Gasteiger partial charge in [-0.2, -0.15) is 13.2 Å². The first-order valence-corrected chi connectivity index (χ1v) is 10.3. The first kappa shape index (κ1) is 21.9. The van der Waals surface area contributed by atoms with Crippen LogP contribution in [0.3, 0.4) is 0 Å². The Balaban J connectivity index is 1.42. The van der Waals surface area contributed by atoms with Gasteiger partial charge in [-0.15, -0.1) is 0 Å². The minimum absolute atomic E-state index is 0.0105. The summed E-state index contributed by atoms with van der Waals surface area (Å²) in [5.74, 6) is -1.37. The summed E-state index contributed by atoms with van der Waals surface area (Å²) in [5, 5.41) is 2.54. The lowest BCUT2D eigenvalue weighted by Crippen LogP contribution is -2.33. The van der Waals surface area contributed by atoms with Crippen molar-refractivity contribution < 1.29 is 27.6 Å². The number of hydrogen-bond acceptors (Lipinski definition) is 3. The van der Waals surface area contributed by atoms with Crippen LogP contribution in [0.15, 0.2) is 42.5 Å². The van der Waals surface area contributed by atoms with Gasteiger partial charge in [0.25, 0.3) is 0 Å². The van der Waals surface area contributed by atoms with Gasteiger partial charge < -0.3 is 15.1 Å². The van der Waals surface area contributed by atoms with E-state index in [1.54, 1.807) is 17.0 Å². The molecule has 1 fully saturated rings. The lowest BCUT2D eigenvalue weighted by Gasteiger charge is -2.19. The van der Waals surface area contributed by atoms with Crippen LogP contribution in [-0.4, -0.2) is 30.8 Å². The fourth-order valence-corrected chi connectivity index (χ4v) is 4.29. The van der Waals surface area contributed by atoms with Gasteiger partial charge in [-0.3, -0.25) is 14.4 Å². The number of amides is 3. The molecule has 0 bridgehead atoms. The van der Waals surface area contributed by atoms with Crippen molar-refractivity contribution in [2.45, 2.75) is 32.5 Å². The Kier molecular flexibility index (Phi) is 5.66. The molecule has 1 atom stereocenters. The van der Waals surface area contributed by atoms with Crippen LogP contribution in [0.2, 0.25) is 0 Å². The second-order valence-corrected chi connectivity index (χ2v) is 8.01. The molecule has 0 aliphatic carbocycles. The zero-order valence-electron chi connectivity index (χ0n) is 17.4. The fraction of sp³-hybridized carbons (Fsp3) is 0.348. The van der Waals surface area contributed by atoms with Crippen molar-refractivity contribution in [2.24, 2.45) is 5.92 Å². The Morgan fingerprint density at radius 3 is 2.62 bits per heavy atom. The number of carbonyl (C=O) groups excluding carboxylic acids is 3. The standard InChI is InChI=1S/C23H22F3N3O3/c1-14(30)28-9-8-15-10-18(6-7-20(15)28)29-13-17(11-21(29)31)22(32)27-12-16-4-2-3-5-19(16)23(24,25)26/h2-7,10,17H,8-9,11-13H2,1H3,(H,27,32)/t17-/m1/s1. The molecule has 32 heavy (non-hydrogen) atoms. The fourth-order valence-electron chi connectivity index (χ4n) is 4.29. The number of nitrogens with zero attached hydrogens (tertiary/aromatic N) is 2. The predicted octanol–water partition coefficient (Wildman–Crippen LogP) is 3.28. The van der Waals surface area contributed by atoms with Crippen molar-refractivity contribution in [1.29, 1.82) is 0 Å². The molecule has 2 heterocycles. The van der Waals surface area contributed by atoms with E-state index in [2.05, 4.69) is 5.32 Å². The van der Waals surface area contributed by atoms with E-state index in [9.17, 15) is 27.6 Å². The highest BCUT2D eigenvalue weighted by atomic mass is 19.4. The van der Waals surface area contributed by atoms with Crippen LogP contribution >= 0.6 is 0 Å². The van der Waals surface area contributed by atoms with Crippen molar-refractivity contribution in [3.05, 3.63) is 59.2 Å². The zero-order chi connectivity index (χ0) is 23.0. The van der Waals surface area contributed by atoms with E-state index in [0.29, 0.717) is 18.7 Å². The summed E-state index contributed by atoms with van der Waals surface area (Å²) in [7, 11) is 0. The summed E-state index contributed by atoms with van der Waals surface area (Å²) in [6.07, 6.45) is -3.83. The van der Waals surface area contributed by atoms with Gasteiger partial charge in [-0.05, 0) is 41.8 Å². The first-order valence-electron chi connectivity index (χ1n) is 10.3. The normalized spacial score (nSPS) is 18.1. The third-order valence-corrected chi connectivity index (χ3v) is 5.92. The maximum Gasteiger partial charge on any atom is 0.416 e. The molecule has 4 rings (SSSR count). The van der Waals surface area contributed by atoms with E-state index in [0.717, 1.165) is 17.3 Å². The van der Waals surface area contributed by atoms with E-state index < -0.39 is 23.6 Å². The highest BCUT2D eigenvalue weighted by molar-refractivity contribution is 6.01. The van der Waals surface area contributed by atoms with E-state index in [4.69, 9.17) is 0 Å². The van der Waals surface area contributed by atoms with Gasteiger partial charge in [-0.25, -0.2) is 0 Å². The van der Waals surface area contributed by atoms with Crippen LogP contribution < -0.4 is 15.1 Å². The molecule has 2 aliphatic heterocycles. The van der Waals surface area contributed by atoms with E-state index in [1.807, 2.05) is 6.07 Å². The molecule has 0 saturated carbocycles. The van der Waals surface area contributed by atoms with E-state index >= 15 is 0 Å². The zero-order valence-corrected chi connectivity index (χ0v) is 17.4. The molecule has 168 valence electrons. The van der Waals surface area contributed by atoms with Gasteiger partial charge in [-0.1, -0.05) is 18.2 Å². The van der Waals surface area contributed by atoms with Crippen LogP contribution in [0.5, 0.6) is 0 Å². The van der Waals surface area contributed by atoms with Gasteiger partial charge in [0.15, 0.2) is 0 Å². The van der Waals surface area contributed by atoms with Crippen molar-refractivity contribution >= 4 is 29.1 Å². The summed E-state index contributed by atoms with van der Waals surface area (Å²) in [6.45, 7) is 1.98. The number of carbonyl (C=O) groups is 3. The number of benzene rings is 2. The summed E-state index contributed by atoms with van der Waals surface area (Å²) >= 11 is 0. The Morgan fingerprint density at radius 1 is 1.16 bits per heavy atom. The number of alkyl halides is 3. The molecule has 3 amide bonds. The van der Waals surface area contributed by atoms with Crippen molar-refractivity contribution in [3.8, 4) is 0 Å². The molecule has 2 aromatic carbocycles. The topological polar surface area (TPSA) is 69.7 Å². The lowest BCUT2D eigenvalue weighted by molar-refractivity contribution is -0.138. The number of fused-ring (bicyclic) bond motifs is 1. The van der Waals surface area contributed by atoms with Crippen LogP contribution in [0.4, 0.5) is 24.5 Å². The third kappa shape index (κ3) is 4.19. The van der Waals surface area contributed by atoms with Gasteiger partial charge in [0.05, 0.1) is 11.5 Å². The maximum absolute atomic E-state index is 13.1. The van der Waals surface area contributed by atoms with Crippen molar-refractivity contribution in [2.75, 3.05) is 22.9 Å². The highest BCUT2D eigenvalue weighted by Gasteiger charge is 2.37. The Labute approximate surface area is 183 Å². The molecule has 0 radical (unpaired) electrons. The molecule has 2 aromatic rings. The molecule has 9 heteroatoms. The van der Waals surface area contributed by atoms with Gasteiger partial charge in [0, 0.05) is 44.4 Å². The first-order chi connectivity index (χ1) is 15.1. The number of rotatable bonds is 4. The van der Waals surface area contributed by atoms with Gasteiger partial charge in [0.1, 0.15) is 0 Å². The predicted molar refractivity (Wildman–Crippen MR) is 112 cm³/mol. The average Bonchev–Trinajstić information content (AvgIpc) is 3.34. The second kappa shape index (κ2) is 8.29. The molecule has 0 unspecified atom stereocenters. The highest BCUT2D eigenvalue weighted by Crippen LogP contribution is 2.34. The van der Waals surface area contributed by atoms with Crippen LogP contribution in [0, 0.1) is 5.92 Å². The van der Waals surface area contributed by atoms with Crippen LogP contribution in [-0.2, 0) is 33.5 Å². The summed E-state index contributed by atoms with van der Waals surface area (Å²) in [4.78, 5) is 40.1. The Hall–Kier alpha value is -3.36. The lowest BCUT2D eigenvalue weighted by atomic mass is 10.1. The maximum atomic E-state index is 13.1. The molecular formula is C23H22F3N3O3. The van der Waals surface area contributed by atoms with Gasteiger partial charge in [0.2, 0.25) is 17.7 Å². The van der Waals surface area contributed by atoms with Crippen molar-refractivity contribution in [3.63, 3.8) is 0 Å². The smallest absolute Gasteiger partial charge is 0.352 e. The molecule has 0 spiro atoms. The summed E-state index contributed by atoms with van der Waals surface area (Å²) in [5.41, 5.74) is 1.62. The second-order valence-electron chi connectivity index (χ2n) is 8.01. The van der Waals surface area contributed by atoms with E-state index in [1.165, 1.54) is 30.0 Å². The summed E-state index contributed by atoms with van der Waals surface area (Å²) in [6, 6.07) is 10.5. The largest absolute Gasteiger partial charge is 0.416 e. The van der Waals surface area contributed by atoms with Crippen LogP contribution in [0.1, 0.15) is 30.0 Å². The molecular weight excluding hydrogens is 423 g/mol. The molecule has 2 aliphatic rings. The quantitative estimate of drug-likeness (QED) is 0.785. The van der Waals surface area contributed by atoms with E-state index in [-0.39, 0.29) is 36.9 Å². The number of anilines is 2. The monoisotopic (exact) mass is 445 g/mol. The van der Waals surface area contributed by atoms with Crippen LogP contribution in [0.25, 0.3) is 0 Å². The molecule has 0 aromatic heterocycles. The number of halogens is 3. The average molecular weight is 445 g/mol. The molecule has 6 nitrogen and oxygen atoms in total. The molecule has 1 N–H and O–H groups in total. The Bertz CT molecular complexity index is 1080. The Morgan fingerprint density at radius 2 is 1.91 bits per heavy atom. The number of hydrogen-bond donors (Lipinski definition) is 1. The summed E-state index contributed by atoms with van der Waals surface area (Å²) < 4.78 is 39.4. The third-order valence-electron chi connectivity index (χ3n) is 5.92. The minimum atomic E-state index is -4.51. The molecule has 1 saturated heterocycles. The number of nitrogens with one attached hydrogen (secondary N) is 1. The van der Waals surface area contributed by atoms with Crippen molar-refractivity contribution in [1.82, 2.24) is 5.32 Å².